The number of carbonyl (C=O) groups excluding carboxylic acids is 1. The van der Waals surface area contributed by atoms with E-state index in [1.807, 2.05) is 0 Å². The second kappa shape index (κ2) is 6.39. The first-order chi connectivity index (χ1) is 13.5. The molecule has 0 spiro atoms. The van der Waals surface area contributed by atoms with Crippen LogP contribution in [0.2, 0.25) is 0 Å². The number of carbonyl (C=O) groups is 1. The van der Waals surface area contributed by atoms with Gasteiger partial charge in [0.2, 0.25) is 5.91 Å². The summed E-state index contributed by atoms with van der Waals surface area (Å²) in [6.07, 6.45) is -3.22. The third-order valence-electron chi connectivity index (χ3n) is 4.64. The molecule has 1 aromatic carbocycles. The number of imidazole rings is 1. The monoisotopic (exact) mass is 412 g/mol. The van der Waals surface area contributed by atoms with Gasteiger partial charge in [-0.1, -0.05) is 12.1 Å². The molecule has 6 nitrogen and oxygen atoms in total. The SMILES string of the molecule is O=C(Cn1c(=O)[nH]c2ncc(-c3cccc(C(F)(F)F)c3)cc21)N1CC(F)(F)C1. The molecule has 152 valence electrons. The summed E-state index contributed by atoms with van der Waals surface area (Å²) >= 11 is 0. The van der Waals surface area contributed by atoms with Crippen molar-refractivity contribution in [2.24, 2.45) is 0 Å². The lowest BCUT2D eigenvalue weighted by molar-refractivity contribution is -0.166. The summed E-state index contributed by atoms with van der Waals surface area (Å²) in [6.45, 7) is -1.91. The molecule has 1 amide bonds. The molecule has 0 bridgehead atoms. The lowest BCUT2D eigenvalue weighted by Crippen LogP contribution is -2.59. The molecule has 0 atom stereocenters. The van der Waals surface area contributed by atoms with Crippen molar-refractivity contribution in [3.8, 4) is 11.1 Å². The van der Waals surface area contributed by atoms with Crippen molar-refractivity contribution in [3.63, 3.8) is 0 Å². The number of fused-ring (bicyclic) bond motifs is 1. The van der Waals surface area contributed by atoms with E-state index in [1.54, 1.807) is 0 Å². The number of nitrogens with one attached hydrogen (secondary N) is 1. The van der Waals surface area contributed by atoms with Gasteiger partial charge in [-0.25, -0.2) is 18.6 Å². The van der Waals surface area contributed by atoms with Crippen LogP contribution in [0.25, 0.3) is 22.3 Å². The van der Waals surface area contributed by atoms with Gasteiger partial charge in [0.15, 0.2) is 5.65 Å². The highest BCUT2D eigenvalue weighted by Crippen LogP contribution is 2.32. The summed E-state index contributed by atoms with van der Waals surface area (Å²) in [5.74, 6) is -3.60. The van der Waals surface area contributed by atoms with E-state index in [0.717, 1.165) is 21.6 Å². The Morgan fingerprint density at radius 1 is 1.17 bits per heavy atom. The lowest BCUT2D eigenvalue weighted by Gasteiger charge is -2.38. The van der Waals surface area contributed by atoms with Gasteiger partial charge in [-0.3, -0.25) is 14.3 Å². The topological polar surface area (TPSA) is 71.0 Å². The number of hydrogen-bond donors (Lipinski definition) is 1. The first kappa shape index (κ1) is 19.1. The number of halogens is 5. The fraction of sp³-hybridized carbons (Fsp3) is 0.278. The molecule has 3 aromatic rings. The van der Waals surface area contributed by atoms with Crippen molar-refractivity contribution in [2.75, 3.05) is 13.1 Å². The first-order valence-corrected chi connectivity index (χ1v) is 8.45. The van der Waals surface area contributed by atoms with Crippen LogP contribution in [0.1, 0.15) is 5.56 Å². The minimum atomic E-state index is -4.52. The van der Waals surface area contributed by atoms with Crippen molar-refractivity contribution >= 4 is 17.1 Å². The van der Waals surface area contributed by atoms with Crippen LogP contribution in [-0.2, 0) is 17.5 Å². The van der Waals surface area contributed by atoms with E-state index in [-0.39, 0.29) is 16.7 Å². The van der Waals surface area contributed by atoms with Gasteiger partial charge in [0.25, 0.3) is 5.92 Å². The molecule has 0 radical (unpaired) electrons. The number of aromatic nitrogens is 3. The van der Waals surface area contributed by atoms with Crippen LogP contribution in [0, 0.1) is 0 Å². The third-order valence-corrected chi connectivity index (χ3v) is 4.64. The molecule has 0 aliphatic carbocycles. The maximum Gasteiger partial charge on any atom is 0.416 e. The van der Waals surface area contributed by atoms with Crippen LogP contribution in [0.15, 0.2) is 41.3 Å². The summed E-state index contributed by atoms with van der Waals surface area (Å²) in [6, 6.07) is 6.02. The second-order valence-corrected chi connectivity index (χ2v) is 6.79. The normalized spacial score (nSPS) is 16.1. The van der Waals surface area contributed by atoms with Gasteiger partial charge in [0.05, 0.1) is 24.2 Å². The Morgan fingerprint density at radius 2 is 1.90 bits per heavy atom. The number of likely N-dealkylation sites (tertiary alicyclic amines) is 1. The zero-order valence-electron chi connectivity index (χ0n) is 14.6. The molecular weight excluding hydrogens is 399 g/mol. The zero-order chi connectivity index (χ0) is 21.0. The molecule has 11 heteroatoms. The van der Waals surface area contributed by atoms with E-state index in [1.165, 1.54) is 24.4 Å². The fourth-order valence-corrected chi connectivity index (χ4v) is 3.15. The number of hydrogen-bond acceptors (Lipinski definition) is 3. The molecule has 1 N–H and O–H groups in total. The first-order valence-electron chi connectivity index (χ1n) is 8.45. The highest BCUT2D eigenvalue weighted by molar-refractivity contribution is 5.82. The minimum Gasteiger partial charge on any atom is -0.329 e. The van der Waals surface area contributed by atoms with Gasteiger partial charge in [-0.05, 0) is 23.8 Å². The van der Waals surface area contributed by atoms with E-state index in [4.69, 9.17) is 0 Å². The van der Waals surface area contributed by atoms with Gasteiger partial charge in [-0.2, -0.15) is 13.2 Å². The van der Waals surface area contributed by atoms with Crippen LogP contribution < -0.4 is 5.69 Å². The number of benzene rings is 1. The number of nitrogens with zero attached hydrogens (tertiary/aromatic N) is 3. The standard InChI is InChI=1S/C18H13F5N4O2/c19-17(20)8-26(9-17)14(28)7-27-13-5-11(6-24-15(13)25-16(27)29)10-2-1-3-12(4-10)18(21,22)23/h1-6H,7-9H2,(H,24,25,29). The molecular formula is C18H13F5N4O2. The van der Waals surface area contributed by atoms with Crippen LogP contribution in [0.5, 0.6) is 0 Å². The summed E-state index contributed by atoms with van der Waals surface area (Å²) in [4.78, 5) is 31.7. The van der Waals surface area contributed by atoms with Gasteiger partial charge in [0, 0.05) is 11.8 Å². The molecule has 1 aliphatic heterocycles. The van der Waals surface area contributed by atoms with Crippen molar-refractivity contribution < 1.29 is 26.7 Å². The van der Waals surface area contributed by atoms with Crippen LogP contribution in [-0.4, -0.2) is 44.4 Å². The predicted molar refractivity (Wildman–Crippen MR) is 92.3 cm³/mol. The molecule has 2 aromatic heterocycles. The largest absolute Gasteiger partial charge is 0.416 e. The number of pyridine rings is 1. The quantitative estimate of drug-likeness (QED) is 0.673. The molecule has 1 fully saturated rings. The summed E-state index contributed by atoms with van der Waals surface area (Å²) in [5.41, 5.74) is -0.662. The molecule has 1 saturated heterocycles. The number of amides is 1. The van der Waals surface area contributed by atoms with E-state index in [2.05, 4.69) is 9.97 Å². The van der Waals surface area contributed by atoms with Gasteiger partial charge in [-0.15, -0.1) is 0 Å². The maximum absolute atomic E-state index is 13.0. The van der Waals surface area contributed by atoms with Gasteiger partial charge in [0.1, 0.15) is 6.54 Å². The van der Waals surface area contributed by atoms with Crippen LogP contribution in [0.4, 0.5) is 22.0 Å². The van der Waals surface area contributed by atoms with Gasteiger partial charge < -0.3 is 4.90 Å². The van der Waals surface area contributed by atoms with Crippen molar-refractivity contribution in [1.29, 1.82) is 0 Å². The van der Waals surface area contributed by atoms with Crippen molar-refractivity contribution in [2.45, 2.75) is 18.6 Å². The number of alkyl halides is 5. The summed E-state index contributed by atoms with van der Waals surface area (Å²) in [7, 11) is 0. The molecule has 4 rings (SSSR count). The van der Waals surface area contributed by atoms with Crippen molar-refractivity contribution in [3.05, 3.63) is 52.6 Å². The molecule has 3 heterocycles. The Hall–Kier alpha value is -3.24. The number of rotatable bonds is 3. The van der Waals surface area contributed by atoms with E-state index in [0.29, 0.717) is 5.56 Å². The Morgan fingerprint density at radius 3 is 2.55 bits per heavy atom. The highest BCUT2D eigenvalue weighted by atomic mass is 19.4. The molecule has 29 heavy (non-hydrogen) atoms. The molecule has 0 unspecified atom stereocenters. The van der Waals surface area contributed by atoms with Crippen LogP contribution >= 0.6 is 0 Å². The third kappa shape index (κ3) is 3.59. The summed E-state index contributed by atoms with van der Waals surface area (Å²) in [5, 5.41) is 0. The zero-order valence-corrected chi connectivity index (χ0v) is 14.6. The fourth-order valence-electron chi connectivity index (χ4n) is 3.15. The lowest BCUT2D eigenvalue weighted by atomic mass is 10.0. The smallest absolute Gasteiger partial charge is 0.329 e. The Kier molecular flexibility index (Phi) is 4.21. The number of H-pyrrole nitrogens is 1. The Balaban J connectivity index is 1.69. The summed E-state index contributed by atoms with van der Waals surface area (Å²) < 4.78 is 65.8. The van der Waals surface area contributed by atoms with Crippen LogP contribution in [0.3, 0.4) is 0 Å². The Bertz CT molecular complexity index is 1160. The van der Waals surface area contributed by atoms with E-state index in [9.17, 15) is 31.5 Å². The number of aromatic amines is 1. The average Bonchev–Trinajstić information content (AvgIpc) is 2.93. The van der Waals surface area contributed by atoms with Gasteiger partial charge >= 0.3 is 11.9 Å². The second-order valence-electron chi connectivity index (χ2n) is 6.79. The van der Waals surface area contributed by atoms with Crippen molar-refractivity contribution in [1.82, 2.24) is 19.4 Å². The molecule has 0 saturated carbocycles. The predicted octanol–water partition coefficient (Wildman–Crippen LogP) is 2.89. The van der Waals surface area contributed by atoms with E-state index < -0.39 is 48.9 Å². The Labute approximate surface area is 159 Å². The average molecular weight is 412 g/mol. The minimum absolute atomic E-state index is 0.132. The highest BCUT2D eigenvalue weighted by Gasteiger charge is 2.46. The maximum atomic E-state index is 13.0. The molecule has 1 aliphatic rings. The van der Waals surface area contributed by atoms with E-state index >= 15 is 0 Å².